The van der Waals surface area contributed by atoms with E-state index in [1.54, 1.807) is 0 Å². The van der Waals surface area contributed by atoms with E-state index in [4.69, 9.17) is 0 Å². The first kappa shape index (κ1) is 14.6. The standard InChI is InChI=1S/C12H24N2O2S/c1-3-10-5-6-13-11(9-10)12(15)14-7-8-17(16)4-2/h10-11,13H,3-9H2,1-2H3,(H,14,15). The molecule has 3 unspecified atom stereocenters. The molecule has 0 aromatic rings. The van der Waals surface area contributed by atoms with Crippen LogP contribution in [0, 0.1) is 5.92 Å². The normalized spacial score (nSPS) is 26.5. The molecule has 2 N–H and O–H groups in total. The first-order chi connectivity index (χ1) is 8.17. The zero-order valence-corrected chi connectivity index (χ0v) is 11.6. The van der Waals surface area contributed by atoms with Crippen LogP contribution in [0.4, 0.5) is 0 Å². The Kier molecular flexibility index (Phi) is 6.73. The lowest BCUT2D eigenvalue weighted by Gasteiger charge is -2.28. The summed E-state index contributed by atoms with van der Waals surface area (Å²) in [4.78, 5) is 11.9. The number of rotatable bonds is 6. The lowest BCUT2D eigenvalue weighted by Crippen LogP contribution is -2.49. The van der Waals surface area contributed by atoms with Gasteiger partial charge in [0.1, 0.15) is 0 Å². The Morgan fingerprint density at radius 3 is 2.88 bits per heavy atom. The van der Waals surface area contributed by atoms with Crippen molar-refractivity contribution in [1.29, 1.82) is 0 Å². The highest BCUT2D eigenvalue weighted by atomic mass is 32.2. The van der Waals surface area contributed by atoms with Crippen LogP contribution >= 0.6 is 0 Å². The van der Waals surface area contributed by atoms with E-state index in [0.29, 0.717) is 24.0 Å². The van der Waals surface area contributed by atoms with E-state index in [1.807, 2.05) is 6.92 Å². The first-order valence-corrected chi connectivity index (χ1v) is 8.02. The summed E-state index contributed by atoms with van der Waals surface area (Å²) >= 11 is 0. The molecule has 1 heterocycles. The first-order valence-electron chi connectivity index (χ1n) is 6.53. The van der Waals surface area contributed by atoms with Crippen LogP contribution in [0.3, 0.4) is 0 Å². The quantitative estimate of drug-likeness (QED) is 0.737. The molecule has 5 heteroatoms. The Bertz CT molecular complexity index is 271. The molecule has 1 amide bonds. The van der Waals surface area contributed by atoms with Gasteiger partial charge in [0.2, 0.25) is 5.91 Å². The number of hydrogen-bond donors (Lipinski definition) is 2. The zero-order valence-electron chi connectivity index (χ0n) is 10.8. The van der Waals surface area contributed by atoms with E-state index >= 15 is 0 Å². The Hall–Kier alpha value is -0.420. The van der Waals surface area contributed by atoms with Gasteiger partial charge in [-0.25, -0.2) is 0 Å². The van der Waals surface area contributed by atoms with Crippen LogP contribution in [0.2, 0.25) is 0 Å². The van der Waals surface area contributed by atoms with Gasteiger partial charge in [0.25, 0.3) is 0 Å². The summed E-state index contributed by atoms with van der Waals surface area (Å²) in [7, 11) is -0.792. The maximum atomic E-state index is 11.9. The van der Waals surface area contributed by atoms with Gasteiger partial charge in [0.15, 0.2) is 0 Å². The number of hydrogen-bond acceptors (Lipinski definition) is 3. The summed E-state index contributed by atoms with van der Waals surface area (Å²) in [5.41, 5.74) is 0. The van der Waals surface area contributed by atoms with Crippen molar-refractivity contribution in [3.8, 4) is 0 Å². The fourth-order valence-corrected chi connectivity index (χ4v) is 2.74. The van der Waals surface area contributed by atoms with Gasteiger partial charge in [0.05, 0.1) is 6.04 Å². The molecule has 100 valence electrons. The van der Waals surface area contributed by atoms with Gasteiger partial charge >= 0.3 is 0 Å². The third kappa shape index (κ3) is 5.17. The van der Waals surface area contributed by atoms with Crippen molar-refractivity contribution in [2.75, 3.05) is 24.6 Å². The molecule has 1 saturated heterocycles. The molecule has 17 heavy (non-hydrogen) atoms. The van der Waals surface area contributed by atoms with Gasteiger partial charge in [0, 0.05) is 28.9 Å². The lowest BCUT2D eigenvalue weighted by atomic mass is 9.90. The third-order valence-electron chi connectivity index (χ3n) is 3.36. The molecule has 4 nitrogen and oxygen atoms in total. The second kappa shape index (κ2) is 7.82. The molecule has 0 spiro atoms. The molecule has 1 aliphatic rings. The van der Waals surface area contributed by atoms with Crippen LogP contribution in [0.25, 0.3) is 0 Å². The lowest BCUT2D eigenvalue weighted by molar-refractivity contribution is -0.123. The highest BCUT2D eigenvalue weighted by Crippen LogP contribution is 2.19. The van der Waals surface area contributed by atoms with Crippen molar-refractivity contribution >= 4 is 16.7 Å². The van der Waals surface area contributed by atoms with Crippen molar-refractivity contribution in [2.24, 2.45) is 5.92 Å². The fourth-order valence-electron chi connectivity index (χ4n) is 2.12. The van der Waals surface area contributed by atoms with E-state index in [0.717, 1.165) is 19.4 Å². The number of carbonyl (C=O) groups is 1. The van der Waals surface area contributed by atoms with Gasteiger partial charge < -0.3 is 10.6 Å². The maximum absolute atomic E-state index is 11.9. The Morgan fingerprint density at radius 1 is 1.47 bits per heavy atom. The van der Waals surface area contributed by atoms with Gasteiger partial charge in [-0.3, -0.25) is 9.00 Å². The predicted octanol–water partition coefficient (Wildman–Crippen LogP) is 0.649. The summed E-state index contributed by atoms with van der Waals surface area (Å²) in [5, 5.41) is 6.12. The molecule has 1 rings (SSSR count). The number of carbonyl (C=O) groups excluding carboxylic acids is 1. The van der Waals surface area contributed by atoms with Crippen LogP contribution in [0.5, 0.6) is 0 Å². The second-order valence-corrected chi connectivity index (χ2v) is 6.39. The monoisotopic (exact) mass is 260 g/mol. The van der Waals surface area contributed by atoms with E-state index in [2.05, 4.69) is 17.6 Å². The predicted molar refractivity (Wildman–Crippen MR) is 71.4 cm³/mol. The Labute approximate surface area is 106 Å². The van der Waals surface area contributed by atoms with E-state index in [1.165, 1.54) is 6.42 Å². The third-order valence-corrected chi connectivity index (χ3v) is 4.66. The van der Waals surface area contributed by atoms with Crippen molar-refractivity contribution in [1.82, 2.24) is 10.6 Å². The van der Waals surface area contributed by atoms with Crippen LogP contribution < -0.4 is 10.6 Å². The summed E-state index contributed by atoms with van der Waals surface area (Å²) in [5.74, 6) is 1.95. The van der Waals surface area contributed by atoms with Crippen LogP contribution in [0.15, 0.2) is 0 Å². The molecule has 3 atom stereocenters. The molecule has 0 saturated carbocycles. The SMILES string of the molecule is CCC1CCNC(C(=O)NCCS(=O)CC)C1. The molecular formula is C12H24N2O2S. The molecule has 1 aliphatic heterocycles. The summed E-state index contributed by atoms with van der Waals surface area (Å²) in [6.07, 6.45) is 3.24. The van der Waals surface area contributed by atoms with Crippen molar-refractivity contribution in [3.05, 3.63) is 0 Å². The fraction of sp³-hybridized carbons (Fsp3) is 0.917. The van der Waals surface area contributed by atoms with Crippen molar-refractivity contribution < 1.29 is 9.00 Å². The highest BCUT2D eigenvalue weighted by molar-refractivity contribution is 7.84. The smallest absolute Gasteiger partial charge is 0.237 e. The average Bonchev–Trinajstić information content (AvgIpc) is 2.38. The van der Waals surface area contributed by atoms with E-state index in [9.17, 15) is 9.00 Å². The van der Waals surface area contributed by atoms with Crippen LogP contribution in [-0.2, 0) is 15.6 Å². The maximum Gasteiger partial charge on any atom is 0.237 e. The molecule has 0 aromatic heterocycles. The van der Waals surface area contributed by atoms with E-state index in [-0.39, 0.29) is 11.9 Å². The van der Waals surface area contributed by atoms with Crippen molar-refractivity contribution in [2.45, 2.75) is 39.2 Å². The topological polar surface area (TPSA) is 58.2 Å². The van der Waals surface area contributed by atoms with Crippen LogP contribution in [-0.4, -0.2) is 40.8 Å². The summed E-state index contributed by atoms with van der Waals surface area (Å²) < 4.78 is 11.2. The number of piperidine rings is 1. The zero-order chi connectivity index (χ0) is 12.7. The Balaban J connectivity index is 2.25. The minimum atomic E-state index is -0.792. The minimum absolute atomic E-state index is 0.0521. The molecular weight excluding hydrogens is 236 g/mol. The number of amides is 1. The van der Waals surface area contributed by atoms with Gasteiger partial charge in [-0.15, -0.1) is 0 Å². The van der Waals surface area contributed by atoms with Gasteiger partial charge in [-0.1, -0.05) is 20.3 Å². The van der Waals surface area contributed by atoms with Crippen LogP contribution in [0.1, 0.15) is 33.1 Å². The molecule has 0 bridgehead atoms. The summed E-state index contributed by atoms with van der Waals surface area (Å²) in [6, 6.07) is -0.0521. The highest BCUT2D eigenvalue weighted by Gasteiger charge is 2.25. The Morgan fingerprint density at radius 2 is 2.24 bits per heavy atom. The van der Waals surface area contributed by atoms with Gasteiger partial charge in [-0.2, -0.15) is 0 Å². The summed E-state index contributed by atoms with van der Waals surface area (Å²) in [6.45, 7) is 5.52. The average molecular weight is 260 g/mol. The van der Waals surface area contributed by atoms with Crippen molar-refractivity contribution in [3.63, 3.8) is 0 Å². The molecule has 0 aromatic carbocycles. The molecule has 0 radical (unpaired) electrons. The molecule has 1 fully saturated rings. The molecule has 0 aliphatic carbocycles. The van der Waals surface area contributed by atoms with E-state index < -0.39 is 10.8 Å². The number of nitrogens with one attached hydrogen (secondary N) is 2. The minimum Gasteiger partial charge on any atom is -0.354 e. The largest absolute Gasteiger partial charge is 0.354 e. The van der Waals surface area contributed by atoms with Gasteiger partial charge in [-0.05, 0) is 25.3 Å². The second-order valence-electron chi connectivity index (χ2n) is 4.53.